The molecule has 0 aliphatic rings. The highest BCUT2D eigenvalue weighted by Gasteiger charge is 2.39. The van der Waals surface area contributed by atoms with E-state index in [0.717, 1.165) is 11.1 Å². The van der Waals surface area contributed by atoms with Crippen molar-refractivity contribution in [1.29, 1.82) is 5.26 Å². The van der Waals surface area contributed by atoms with Gasteiger partial charge in [0.2, 0.25) is 0 Å². The molecule has 4 aromatic rings. The summed E-state index contributed by atoms with van der Waals surface area (Å²) in [6, 6.07) is 34.1. The Labute approximate surface area is 203 Å². The monoisotopic (exact) mass is 461 g/mol. The van der Waals surface area contributed by atoms with Crippen molar-refractivity contribution in [2.45, 2.75) is 12.2 Å². The Kier molecular flexibility index (Phi) is 7.31. The summed E-state index contributed by atoms with van der Waals surface area (Å²) >= 11 is 0. The molecule has 0 aromatic heterocycles. The zero-order valence-corrected chi connectivity index (χ0v) is 18.8. The number of hydrazone groups is 1. The minimum absolute atomic E-state index is 0.283. The summed E-state index contributed by atoms with van der Waals surface area (Å²) in [5.41, 5.74) is 3.58. The van der Waals surface area contributed by atoms with Crippen molar-refractivity contribution in [3.63, 3.8) is 0 Å². The molecule has 0 radical (unpaired) electrons. The number of hydrogen-bond acceptors (Lipinski definition) is 5. The number of hydrogen-bond donors (Lipinski definition) is 2. The minimum atomic E-state index is -1.89. The molecular weight excluding hydrogens is 438 g/mol. The molecule has 0 saturated heterocycles. The summed E-state index contributed by atoms with van der Waals surface area (Å²) in [5, 5.41) is 24.7. The zero-order valence-electron chi connectivity index (χ0n) is 18.8. The van der Waals surface area contributed by atoms with Gasteiger partial charge in [-0.15, -0.1) is 0 Å². The first-order valence-electron chi connectivity index (χ1n) is 11.0. The van der Waals surface area contributed by atoms with Gasteiger partial charge >= 0.3 is 0 Å². The summed E-state index contributed by atoms with van der Waals surface area (Å²) in [6.07, 6.45) is 1.49. The normalized spacial score (nSPS) is 11.1. The minimum Gasteiger partial charge on any atom is -0.489 e. The third kappa shape index (κ3) is 5.44. The van der Waals surface area contributed by atoms with Gasteiger partial charge in [0, 0.05) is 5.56 Å². The van der Waals surface area contributed by atoms with Gasteiger partial charge in [0.25, 0.3) is 5.91 Å². The van der Waals surface area contributed by atoms with Gasteiger partial charge in [-0.05, 0) is 47.0 Å². The number of rotatable bonds is 8. The number of nitrogens with one attached hydrogen (secondary N) is 1. The molecule has 0 spiro atoms. The van der Waals surface area contributed by atoms with Gasteiger partial charge in [0.1, 0.15) is 12.4 Å². The van der Waals surface area contributed by atoms with Crippen molar-refractivity contribution in [3.05, 3.63) is 137 Å². The van der Waals surface area contributed by atoms with E-state index in [1.807, 2.05) is 30.3 Å². The number of carbonyl (C=O) groups is 1. The van der Waals surface area contributed by atoms with E-state index in [2.05, 4.69) is 16.6 Å². The molecule has 2 N–H and O–H groups in total. The lowest BCUT2D eigenvalue weighted by atomic mass is 9.85. The average Bonchev–Trinajstić information content (AvgIpc) is 2.93. The molecular formula is C29H23N3O3. The first-order valence-corrected chi connectivity index (χ1v) is 11.0. The molecule has 4 rings (SSSR count). The van der Waals surface area contributed by atoms with Crippen molar-refractivity contribution >= 4 is 12.1 Å². The van der Waals surface area contributed by atoms with E-state index in [1.165, 1.54) is 6.21 Å². The van der Waals surface area contributed by atoms with E-state index >= 15 is 0 Å². The number of nitrogens with zero attached hydrogens (tertiary/aromatic N) is 2. The highest BCUT2D eigenvalue weighted by Crippen LogP contribution is 2.29. The smallest absolute Gasteiger partial charge is 0.281 e. The topological polar surface area (TPSA) is 94.7 Å². The predicted octanol–water partition coefficient (Wildman–Crippen LogP) is 4.52. The van der Waals surface area contributed by atoms with Crippen molar-refractivity contribution in [2.75, 3.05) is 0 Å². The fourth-order valence-electron chi connectivity index (χ4n) is 3.60. The largest absolute Gasteiger partial charge is 0.489 e. The molecule has 6 nitrogen and oxygen atoms in total. The average molecular weight is 462 g/mol. The third-order valence-electron chi connectivity index (χ3n) is 5.50. The van der Waals surface area contributed by atoms with Gasteiger partial charge in [0.15, 0.2) is 5.60 Å². The molecule has 0 fully saturated rings. The first-order chi connectivity index (χ1) is 17.1. The standard InChI is InChI=1S/C29H23N3O3/c30-19-23-9-7-8-10-24(23)21-35-27-17-15-22(16-18-27)20-31-32-28(33)29(34,25-11-3-1-4-12-25)26-13-5-2-6-14-26/h1-18,20,34H,21H2,(H,32,33)/b31-20-. The molecule has 0 saturated carbocycles. The molecule has 35 heavy (non-hydrogen) atoms. The van der Waals surface area contributed by atoms with Crippen LogP contribution >= 0.6 is 0 Å². The molecule has 0 aliphatic heterocycles. The van der Waals surface area contributed by atoms with Crippen LogP contribution in [0.4, 0.5) is 0 Å². The van der Waals surface area contributed by atoms with E-state index in [-0.39, 0.29) is 6.61 Å². The van der Waals surface area contributed by atoms with Crippen LogP contribution in [0.1, 0.15) is 27.8 Å². The van der Waals surface area contributed by atoms with Crippen LogP contribution < -0.4 is 10.2 Å². The highest BCUT2D eigenvalue weighted by atomic mass is 16.5. The number of benzene rings is 4. The summed E-state index contributed by atoms with van der Waals surface area (Å²) in [6.45, 7) is 0.283. The fourth-order valence-corrected chi connectivity index (χ4v) is 3.60. The quantitative estimate of drug-likeness (QED) is 0.298. The lowest BCUT2D eigenvalue weighted by molar-refractivity contribution is -0.136. The third-order valence-corrected chi connectivity index (χ3v) is 5.50. The van der Waals surface area contributed by atoms with Gasteiger partial charge in [-0.25, -0.2) is 5.43 Å². The summed E-state index contributed by atoms with van der Waals surface area (Å²) < 4.78 is 5.78. The Balaban J connectivity index is 1.42. The number of amides is 1. The van der Waals surface area contributed by atoms with E-state index in [0.29, 0.717) is 22.4 Å². The van der Waals surface area contributed by atoms with Crippen LogP contribution in [0.2, 0.25) is 0 Å². The van der Waals surface area contributed by atoms with Gasteiger partial charge < -0.3 is 9.84 Å². The Morgan fingerprint density at radius 3 is 2.06 bits per heavy atom. The molecule has 0 heterocycles. The van der Waals surface area contributed by atoms with Crippen LogP contribution in [0.3, 0.4) is 0 Å². The first kappa shape index (κ1) is 23.4. The van der Waals surface area contributed by atoms with Crippen LogP contribution in [0, 0.1) is 11.3 Å². The molecule has 0 bridgehead atoms. The maximum atomic E-state index is 13.1. The number of carbonyl (C=O) groups excluding carboxylic acids is 1. The molecule has 172 valence electrons. The lowest BCUT2D eigenvalue weighted by Gasteiger charge is -2.27. The van der Waals surface area contributed by atoms with Crippen LogP contribution in [0.15, 0.2) is 114 Å². The van der Waals surface area contributed by atoms with Crippen LogP contribution in [-0.2, 0) is 17.0 Å². The molecule has 0 unspecified atom stereocenters. The van der Waals surface area contributed by atoms with Crippen LogP contribution in [0.5, 0.6) is 5.75 Å². The number of nitriles is 1. The molecule has 6 heteroatoms. The van der Waals surface area contributed by atoms with E-state index in [4.69, 9.17) is 4.74 Å². The maximum absolute atomic E-state index is 13.1. The molecule has 4 aromatic carbocycles. The van der Waals surface area contributed by atoms with E-state index < -0.39 is 11.5 Å². The SMILES string of the molecule is N#Cc1ccccc1COc1ccc(/C=N\NC(=O)C(O)(c2ccccc2)c2ccccc2)cc1. The molecule has 1 amide bonds. The van der Waals surface area contributed by atoms with Gasteiger partial charge in [-0.2, -0.15) is 10.4 Å². The predicted molar refractivity (Wildman–Crippen MR) is 134 cm³/mol. The number of ether oxygens (including phenoxy) is 1. The van der Waals surface area contributed by atoms with Gasteiger partial charge in [0.05, 0.1) is 17.8 Å². The highest BCUT2D eigenvalue weighted by molar-refractivity contribution is 5.91. The maximum Gasteiger partial charge on any atom is 0.281 e. The zero-order chi connectivity index (χ0) is 24.5. The second-order valence-corrected chi connectivity index (χ2v) is 7.77. The number of aliphatic hydroxyl groups is 1. The summed E-state index contributed by atoms with van der Waals surface area (Å²) in [7, 11) is 0. The Hall–Kier alpha value is -4.73. The van der Waals surface area contributed by atoms with Crippen LogP contribution in [-0.4, -0.2) is 17.2 Å². The second-order valence-electron chi connectivity index (χ2n) is 7.77. The van der Waals surface area contributed by atoms with Crippen molar-refractivity contribution in [2.24, 2.45) is 5.10 Å². The second kappa shape index (κ2) is 10.9. The van der Waals surface area contributed by atoms with E-state index in [9.17, 15) is 15.2 Å². The van der Waals surface area contributed by atoms with Crippen molar-refractivity contribution < 1.29 is 14.6 Å². The molecule has 0 atom stereocenters. The Morgan fingerprint density at radius 1 is 0.886 bits per heavy atom. The lowest BCUT2D eigenvalue weighted by Crippen LogP contribution is -2.43. The molecule has 0 aliphatic carbocycles. The van der Waals surface area contributed by atoms with Crippen molar-refractivity contribution in [1.82, 2.24) is 5.43 Å². The van der Waals surface area contributed by atoms with Crippen LogP contribution in [0.25, 0.3) is 0 Å². The summed E-state index contributed by atoms with van der Waals surface area (Å²) in [5.74, 6) is -0.0243. The summed E-state index contributed by atoms with van der Waals surface area (Å²) in [4.78, 5) is 13.1. The Morgan fingerprint density at radius 2 is 1.46 bits per heavy atom. The van der Waals surface area contributed by atoms with Gasteiger partial charge in [-0.3, -0.25) is 4.79 Å². The Bertz CT molecular complexity index is 1310. The van der Waals surface area contributed by atoms with E-state index in [1.54, 1.807) is 78.9 Å². The van der Waals surface area contributed by atoms with Gasteiger partial charge in [-0.1, -0.05) is 78.9 Å². The fraction of sp³-hybridized carbons (Fsp3) is 0.0690. The van der Waals surface area contributed by atoms with Crippen molar-refractivity contribution in [3.8, 4) is 11.8 Å².